The molecule has 72 valence electrons. The van der Waals surface area contributed by atoms with E-state index in [1.54, 1.807) is 6.20 Å². The SMILES string of the molecule is N/C(Cc1cnc2ccccn12)=N\O. The van der Waals surface area contributed by atoms with Gasteiger partial charge in [-0.1, -0.05) is 11.2 Å². The van der Waals surface area contributed by atoms with Crippen molar-refractivity contribution in [1.29, 1.82) is 0 Å². The van der Waals surface area contributed by atoms with Gasteiger partial charge in [0.1, 0.15) is 11.5 Å². The molecule has 0 aliphatic carbocycles. The van der Waals surface area contributed by atoms with Crippen LogP contribution in [0.1, 0.15) is 5.69 Å². The van der Waals surface area contributed by atoms with Crippen LogP contribution in [0.5, 0.6) is 0 Å². The second kappa shape index (κ2) is 3.37. The molecule has 2 heterocycles. The zero-order chi connectivity index (χ0) is 9.97. The first-order chi connectivity index (χ1) is 6.81. The summed E-state index contributed by atoms with van der Waals surface area (Å²) in [7, 11) is 0. The lowest BCUT2D eigenvalue weighted by Crippen LogP contribution is -2.15. The molecule has 0 saturated heterocycles. The van der Waals surface area contributed by atoms with Gasteiger partial charge in [-0.2, -0.15) is 0 Å². The van der Waals surface area contributed by atoms with Gasteiger partial charge in [0.15, 0.2) is 0 Å². The van der Waals surface area contributed by atoms with Crippen molar-refractivity contribution in [3.05, 3.63) is 36.3 Å². The number of hydrogen-bond acceptors (Lipinski definition) is 3. The van der Waals surface area contributed by atoms with Gasteiger partial charge >= 0.3 is 0 Å². The highest BCUT2D eigenvalue weighted by Crippen LogP contribution is 2.06. The van der Waals surface area contributed by atoms with Crippen LogP contribution in [-0.2, 0) is 6.42 Å². The van der Waals surface area contributed by atoms with Crippen molar-refractivity contribution in [1.82, 2.24) is 9.38 Å². The summed E-state index contributed by atoms with van der Waals surface area (Å²) < 4.78 is 1.90. The van der Waals surface area contributed by atoms with E-state index in [4.69, 9.17) is 10.9 Å². The van der Waals surface area contributed by atoms with Crippen LogP contribution in [0.3, 0.4) is 0 Å². The van der Waals surface area contributed by atoms with E-state index in [1.165, 1.54) is 0 Å². The third-order valence-corrected chi connectivity index (χ3v) is 1.98. The molecule has 14 heavy (non-hydrogen) atoms. The van der Waals surface area contributed by atoms with Crippen molar-refractivity contribution in [2.45, 2.75) is 6.42 Å². The lowest BCUT2D eigenvalue weighted by atomic mass is 10.3. The Kier molecular flexibility index (Phi) is 2.06. The highest BCUT2D eigenvalue weighted by atomic mass is 16.4. The Morgan fingerprint density at radius 1 is 1.57 bits per heavy atom. The largest absolute Gasteiger partial charge is 0.409 e. The Labute approximate surface area is 80.5 Å². The lowest BCUT2D eigenvalue weighted by molar-refractivity contribution is 0.317. The number of imidazole rings is 1. The molecule has 0 atom stereocenters. The fraction of sp³-hybridized carbons (Fsp3) is 0.111. The molecule has 2 rings (SSSR count). The van der Waals surface area contributed by atoms with Crippen molar-refractivity contribution in [3.63, 3.8) is 0 Å². The lowest BCUT2D eigenvalue weighted by Gasteiger charge is -1.99. The van der Waals surface area contributed by atoms with Crippen LogP contribution in [0.2, 0.25) is 0 Å². The topological polar surface area (TPSA) is 75.9 Å². The Bertz CT molecular complexity index is 474. The normalized spacial score (nSPS) is 12.1. The zero-order valence-electron chi connectivity index (χ0n) is 7.46. The smallest absolute Gasteiger partial charge is 0.145 e. The molecule has 2 aromatic rings. The van der Waals surface area contributed by atoms with Crippen molar-refractivity contribution in [3.8, 4) is 0 Å². The van der Waals surface area contributed by atoms with Gasteiger partial charge in [0.25, 0.3) is 0 Å². The molecule has 0 amide bonds. The first kappa shape index (κ1) is 8.55. The first-order valence-electron chi connectivity index (χ1n) is 4.18. The number of aromatic nitrogens is 2. The maximum Gasteiger partial charge on any atom is 0.145 e. The summed E-state index contributed by atoms with van der Waals surface area (Å²) in [5.41, 5.74) is 7.17. The van der Waals surface area contributed by atoms with Crippen molar-refractivity contribution in [2.24, 2.45) is 10.9 Å². The molecule has 0 aliphatic rings. The van der Waals surface area contributed by atoms with E-state index in [2.05, 4.69) is 10.1 Å². The second-order valence-corrected chi connectivity index (χ2v) is 2.95. The minimum Gasteiger partial charge on any atom is -0.409 e. The third kappa shape index (κ3) is 1.39. The van der Waals surface area contributed by atoms with E-state index in [1.807, 2.05) is 28.8 Å². The highest BCUT2D eigenvalue weighted by molar-refractivity contribution is 5.81. The zero-order valence-corrected chi connectivity index (χ0v) is 7.46. The second-order valence-electron chi connectivity index (χ2n) is 2.95. The monoisotopic (exact) mass is 190 g/mol. The van der Waals surface area contributed by atoms with Crippen LogP contribution in [0, 0.1) is 0 Å². The summed E-state index contributed by atoms with van der Waals surface area (Å²) in [4.78, 5) is 4.18. The quantitative estimate of drug-likeness (QED) is 0.315. The molecule has 3 N–H and O–H groups in total. The third-order valence-electron chi connectivity index (χ3n) is 1.98. The number of oxime groups is 1. The van der Waals surface area contributed by atoms with Crippen LogP contribution in [0.15, 0.2) is 35.7 Å². The number of nitrogens with two attached hydrogens (primary N) is 1. The molecule has 5 heteroatoms. The van der Waals surface area contributed by atoms with Gasteiger partial charge in [-0.3, -0.25) is 0 Å². The van der Waals surface area contributed by atoms with Gasteiger partial charge in [0, 0.05) is 12.4 Å². The summed E-state index contributed by atoms with van der Waals surface area (Å²) in [6, 6.07) is 5.72. The summed E-state index contributed by atoms with van der Waals surface area (Å²) in [6.45, 7) is 0. The molecule has 0 spiro atoms. The summed E-state index contributed by atoms with van der Waals surface area (Å²) in [5.74, 6) is 0.177. The molecule has 0 aromatic carbocycles. The predicted octanol–water partition coefficient (Wildman–Crippen LogP) is 0.623. The van der Waals surface area contributed by atoms with Crippen LogP contribution in [-0.4, -0.2) is 20.4 Å². The summed E-state index contributed by atoms with van der Waals surface area (Å²) >= 11 is 0. The Hall–Kier alpha value is -2.04. The van der Waals surface area contributed by atoms with Crippen LogP contribution < -0.4 is 5.73 Å². The first-order valence-corrected chi connectivity index (χ1v) is 4.18. The van der Waals surface area contributed by atoms with Crippen LogP contribution >= 0.6 is 0 Å². The van der Waals surface area contributed by atoms with Gasteiger partial charge in [-0.25, -0.2) is 4.98 Å². The average molecular weight is 190 g/mol. The molecule has 2 aromatic heterocycles. The number of pyridine rings is 1. The maximum atomic E-state index is 8.44. The van der Waals surface area contributed by atoms with Crippen LogP contribution in [0.25, 0.3) is 5.65 Å². The van der Waals surface area contributed by atoms with Gasteiger partial charge in [0.2, 0.25) is 0 Å². The number of hydrogen-bond donors (Lipinski definition) is 2. The van der Waals surface area contributed by atoms with E-state index < -0.39 is 0 Å². The van der Waals surface area contributed by atoms with Crippen molar-refractivity contribution in [2.75, 3.05) is 0 Å². The summed E-state index contributed by atoms with van der Waals surface area (Å²) in [6.07, 6.45) is 4.00. The van der Waals surface area contributed by atoms with Gasteiger partial charge in [-0.15, -0.1) is 0 Å². The average Bonchev–Trinajstić information content (AvgIpc) is 2.62. The van der Waals surface area contributed by atoms with Gasteiger partial charge in [0.05, 0.1) is 12.1 Å². The molecule has 0 fully saturated rings. The fourth-order valence-corrected chi connectivity index (χ4v) is 1.34. The molecule has 0 radical (unpaired) electrons. The molecule has 0 aliphatic heterocycles. The van der Waals surface area contributed by atoms with Crippen LogP contribution in [0.4, 0.5) is 0 Å². The fourth-order valence-electron chi connectivity index (χ4n) is 1.34. The molecule has 0 bridgehead atoms. The number of rotatable bonds is 2. The molecular formula is C9H10N4O. The maximum absolute atomic E-state index is 8.44. The number of fused-ring (bicyclic) bond motifs is 1. The predicted molar refractivity (Wildman–Crippen MR) is 52.3 cm³/mol. The van der Waals surface area contributed by atoms with E-state index in [9.17, 15) is 0 Å². The van der Waals surface area contributed by atoms with E-state index in [-0.39, 0.29) is 5.84 Å². The minimum atomic E-state index is 0.177. The molecule has 0 saturated carbocycles. The Morgan fingerprint density at radius 3 is 3.21 bits per heavy atom. The molecular weight excluding hydrogens is 180 g/mol. The van der Waals surface area contributed by atoms with E-state index in [0.717, 1.165) is 11.3 Å². The van der Waals surface area contributed by atoms with E-state index >= 15 is 0 Å². The molecule has 5 nitrogen and oxygen atoms in total. The van der Waals surface area contributed by atoms with Gasteiger partial charge in [-0.05, 0) is 12.1 Å². The van der Waals surface area contributed by atoms with Crippen molar-refractivity contribution < 1.29 is 5.21 Å². The van der Waals surface area contributed by atoms with E-state index in [0.29, 0.717) is 6.42 Å². The van der Waals surface area contributed by atoms with Crippen molar-refractivity contribution >= 4 is 11.5 Å². The van der Waals surface area contributed by atoms with Gasteiger partial charge < -0.3 is 15.3 Å². The number of amidine groups is 1. The Balaban J connectivity index is 2.43. The standard InChI is InChI=1S/C9H10N4O/c10-8(12-14)5-7-6-11-9-3-1-2-4-13(7)9/h1-4,6,14H,5H2,(H2,10,12). The highest BCUT2D eigenvalue weighted by Gasteiger charge is 2.03. The minimum absolute atomic E-state index is 0.177. The number of nitrogens with zero attached hydrogens (tertiary/aromatic N) is 3. The Morgan fingerprint density at radius 2 is 2.43 bits per heavy atom. The summed E-state index contributed by atoms with van der Waals surface area (Å²) in [5, 5.41) is 11.4. The molecule has 0 unspecified atom stereocenters.